The molecule has 0 aliphatic heterocycles. The van der Waals surface area contributed by atoms with Gasteiger partial charge in [-0.15, -0.1) is 11.8 Å². The van der Waals surface area contributed by atoms with E-state index < -0.39 is 12.1 Å². The van der Waals surface area contributed by atoms with E-state index in [1.807, 2.05) is 18.2 Å². The maximum Gasteiger partial charge on any atom is 0.306 e. The first-order valence-electron chi connectivity index (χ1n) is 9.27. The van der Waals surface area contributed by atoms with E-state index in [0.717, 1.165) is 25.7 Å². The fourth-order valence-corrected chi connectivity index (χ4v) is 3.20. The highest BCUT2D eigenvalue weighted by atomic mass is 16.4. The van der Waals surface area contributed by atoms with Crippen LogP contribution < -0.4 is 0 Å². The molecular weight excluding hydrogens is 316 g/mol. The second-order valence-electron chi connectivity index (χ2n) is 6.91. The minimum Gasteiger partial charge on any atom is -0.481 e. The average Bonchev–Trinajstić information content (AvgIpc) is 2.92. The number of hydrogen-bond donors (Lipinski definition) is 3. The van der Waals surface area contributed by atoms with Gasteiger partial charge in [-0.2, -0.15) is 0 Å². The van der Waals surface area contributed by atoms with Gasteiger partial charge >= 0.3 is 5.97 Å². The first-order chi connectivity index (χ1) is 12.0. The first-order valence-corrected chi connectivity index (χ1v) is 9.27. The number of rotatable bonds is 10. The van der Waals surface area contributed by atoms with Gasteiger partial charge in [0.2, 0.25) is 0 Å². The lowest BCUT2D eigenvalue weighted by Crippen LogP contribution is -2.17. The van der Waals surface area contributed by atoms with E-state index in [1.54, 1.807) is 13.8 Å². The molecule has 5 atom stereocenters. The number of allylic oxidation sites excluding steroid dienone is 3. The summed E-state index contributed by atoms with van der Waals surface area (Å²) >= 11 is 0. The van der Waals surface area contributed by atoms with Crippen LogP contribution in [0.1, 0.15) is 58.8 Å². The van der Waals surface area contributed by atoms with Crippen molar-refractivity contribution in [2.45, 2.75) is 71.0 Å². The zero-order valence-electron chi connectivity index (χ0n) is 15.4. The van der Waals surface area contributed by atoms with Gasteiger partial charge in [-0.25, -0.2) is 0 Å². The molecule has 0 radical (unpaired) electrons. The Morgan fingerprint density at radius 3 is 2.72 bits per heavy atom. The fourth-order valence-electron chi connectivity index (χ4n) is 3.20. The van der Waals surface area contributed by atoms with Crippen LogP contribution in [-0.4, -0.2) is 33.5 Å². The number of hydrogen-bond acceptors (Lipinski definition) is 3. The summed E-state index contributed by atoms with van der Waals surface area (Å²) in [4.78, 5) is 10.8. The van der Waals surface area contributed by atoms with Gasteiger partial charge < -0.3 is 15.3 Å². The lowest BCUT2D eigenvalue weighted by molar-refractivity contribution is -0.141. The molecule has 1 aliphatic rings. The Kier molecular flexibility index (Phi) is 10.2. The van der Waals surface area contributed by atoms with Crippen molar-refractivity contribution in [1.29, 1.82) is 0 Å². The van der Waals surface area contributed by atoms with Gasteiger partial charge in [-0.3, -0.25) is 4.79 Å². The van der Waals surface area contributed by atoms with Crippen LogP contribution in [0.3, 0.4) is 0 Å². The monoisotopic (exact) mass is 348 g/mol. The van der Waals surface area contributed by atoms with Crippen molar-refractivity contribution in [2.75, 3.05) is 0 Å². The normalized spacial score (nSPS) is 25.8. The van der Waals surface area contributed by atoms with E-state index in [9.17, 15) is 15.0 Å². The van der Waals surface area contributed by atoms with E-state index in [4.69, 9.17) is 5.11 Å². The molecule has 0 aromatic carbocycles. The molecule has 0 spiro atoms. The number of aliphatic carboxylic acids is 1. The molecule has 0 aromatic rings. The molecular formula is C21H32O4. The third kappa shape index (κ3) is 8.38. The van der Waals surface area contributed by atoms with Gasteiger partial charge in [-0.1, -0.05) is 31.2 Å². The minimum absolute atomic E-state index is 0.173. The van der Waals surface area contributed by atoms with Crippen LogP contribution in [0.25, 0.3) is 0 Å². The van der Waals surface area contributed by atoms with Gasteiger partial charge in [-0.05, 0) is 57.3 Å². The molecule has 4 nitrogen and oxygen atoms in total. The molecule has 0 saturated heterocycles. The van der Waals surface area contributed by atoms with Crippen LogP contribution >= 0.6 is 0 Å². The number of aliphatic hydroxyl groups is 2. The third-order valence-corrected chi connectivity index (χ3v) is 4.93. The van der Waals surface area contributed by atoms with E-state index in [-0.39, 0.29) is 23.9 Å². The summed E-state index contributed by atoms with van der Waals surface area (Å²) in [6, 6.07) is 0. The van der Waals surface area contributed by atoms with Crippen LogP contribution in [0.5, 0.6) is 0 Å². The highest BCUT2D eigenvalue weighted by Crippen LogP contribution is 2.36. The summed E-state index contributed by atoms with van der Waals surface area (Å²) < 4.78 is 0. The predicted octanol–water partition coefficient (Wildman–Crippen LogP) is 3.54. The smallest absolute Gasteiger partial charge is 0.306 e. The van der Waals surface area contributed by atoms with Gasteiger partial charge in [0.25, 0.3) is 0 Å². The zero-order chi connectivity index (χ0) is 18.7. The number of carboxylic acids is 1. The molecule has 2 unspecified atom stereocenters. The second kappa shape index (κ2) is 11.9. The maximum atomic E-state index is 10.8. The summed E-state index contributed by atoms with van der Waals surface area (Å²) in [7, 11) is 0. The van der Waals surface area contributed by atoms with Crippen LogP contribution in [0, 0.1) is 29.6 Å². The van der Waals surface area contributed by atoms with Crippen molar-refractivity contribution in [3.05, 3.63) is 24.3 Å². The molecule has 4 heteroatoms. The fraction of sp³-hybridized carbons (Fsp3) is 0.667. The molecule has 0 amide bonds. The van der Waals surface area contributed by atoms with Crippen molar-refractivity contribution in [1.82, 2.24) is 0 Å². The lowest BCUT2D eigenvalue weighted by atomic mass is 9.90. The third-order valence-electron chi connectivity index (χ3n) is 4.93. The van der Waals surface area contributed by atoms with Crippen molar-refractivity contribution in [3.63, 3.8) is 0 Å². The molecule has 140 valence electrons. The van der Waals surface area contributed by atoms with Crippen LogP contribution in [-0.2, 0) is 4.79 Å². The predicted molar refractivity (Wildman–Crippen MR) is 99.8 cm³/mol. The number of carbonyl (C=O) groups is 1. The van der Waals surface area contributed by atoms with Crippen molar-refractivity contribution in [3.8, 4) is 11.8 Å². The van der Waals surface area contributed by atoms with Crippen molar-refractivity contribution >= 4 is 5.97 Å². The summed E-state index contributed by atoms with van der Waals surface area (Å²) in [5, 5.41) is 29.0. The van der Waals surface area contributed by atoms with Gasteiger partial charge in [0, 0.05) is 6.42 Å². The summed E-state index contributed by atoms with van der Waals surface area (Å²) in [6.45, 7) is 3.51. The second-order valence-corrected chi connectivity index (χ2v) is 6.91. The van der Waals surface area contributed by atoms with Gasteiger partial charge in [0.15, 0.2) is 0 Å². The molecule has 0 aromatic heterocycles. The van der Waals surface area contributed by atoms with E-state index in [1.165, 1.54) is 0 Å². The largest absolute Gasteiger partial charge is 0.481 e. The lowest BCUT2D eigenvalue weighted by Gasteiger charge is -2.18. The molecule has 1 aliphatic carbocycles. The molecule has 1 fully saturated rings. The summed E-state index contributed by atoms with van der Waals surface area (Å²) in [5.41, 5.74) is 0. The average molecular weight is 348 g/mol. The Morgan fingerprint density at radius 1 is 1.28 bits per heavy atom. The maximum absolute atomic E-state index is 10.8. The van der Waals surface area contributed by atoms with Gasteiger partial charge in [0.05, 0.1) is 18.1 Å². The quantitative estimate of drug-likeness (QED) is 0.417. The summed E-state index contributed by atoms with van der Waals surface area (Å²) in [6.07, 6.45) is 12.4. The molecule has 0 heterocycles. The zero-order valence-corrected chi connectivity index (χ0v) is 15.4. The Morgan fingerprint density at radius 2 is 2.04 bits per heavy atom. The van der Waals surface area contributed by atoms with Gasteiger partial charge in [0.1, 0.15) is 0 Å². The first kappa shape index (κ1) is 21.5. The van der Waals surface area contributed by atoms with E-state index >= 15 is 0 Å². The molecule has 1 rings (SSSR count). The van der Waals surface area contributed by atoms with Crippen LogP contribution in [0.4, 0.5) is 0 Å². The Hall–Kier alpha value is -1.57. The Labute approximate surface area is 151 Å². The van der Waals surface area contributed by atoms with Crippen LogP contribution in [0.2, 0.25) is 0 Å². The van der Waals surface area contributed by atoms with E-state index in [0.29, 0.717) is 19.3 Å². The highest BCUT2D eigenvalue weighted by Gasteiger charge is 2.32. The molecule has 25 heavy (non-hydrogen) atoms. The minimum atomic E-state index is -0.756. The van der Waals surface area contributed by atoms with E-state index in [2.05, 4.69) is 17.9 Å². The SMILES string of the molecule is CC#CCCC(O)C=C[C@H]1CC[C@H](O)[C@@H]1CC=CCCC(C)C(=O)O. The standard InChI is InChI=1S/C21H32O4/c1-3-4-6-10-18(22)14-12-17-13-15-20(23)19(17)11-8-5-7-9-16(2)21(24)25/h5,8,12,14,16-20,22-23H,6-7,9-11,13,15H2,1-2H3,(H,24,25)/t16?,17-,18?,19+,20-/m0/s1. The van der Waals surface area contributed by atoms with Crippen molar-refractivity contribution in [2.24, 2.45) is 17.8 Å². The Bertz CT molecular complexity index is 512. The number of aliphatic hydroxyl groups excluding tert-OH is 2. The van der Waals surface area contributed by atoms with Crippen LogP contribution in [0.15, 0.2) is 24.3 Å². The Balaban J connectivity index is 2.42. The topological polar surface area (TPSA) is 77.8 Å². The van der Waals surface area contributed by atoms with Crippen molar-refractivity contribution < 1.29 is 20.1 Å². The summed E-state index contributed by atoms with van der Waals surface area (Å²) in [5.74, 6) is 5.15. The number of carboxylic acid groups (broad SMARTS) is 1. The highest BCUT2D eigenvalue weighted by molar-refractivity contribution is 5.69. The molecule has 0 bridgehead atoms. The molecule has 1 saturated carbocycles. The molecule has 3 N–H and O–H groups in total.